The van der Waals surface area contributed by atoms with Crippen LogP contribution in [0, 0.1) is 0 Å². The topological polar surface area (TPSA) is 50.7 Å². The van der Waals surface area contributed by atoms with Crippen molar-refractivity contribution in [1.29, 1.82) is 0 Å². The van der Waals surface area contributed by atoms with E-state index < -0.39 is 0 Å². The highest BCUT2D eigenvalue weighted by molar-refractivity contribution is 9.10. The maximum absolute atomic E-state index is 9.51. The molecule has 1 aliphatic rings. The molecule has 0 saturated carbocycles. The van der Waals surface area contributed by atoms with Crippen LogP contribution >= 0.6 is 15.9 Å². The molecule has 1 aromatic carbocycles. The van der Waals surface area contributed by atoms with Gasteiger partial charge in [0.25, 0.3) is 0 Å². The van der Waals surface area contributed by atoms with Gasteiger partial charge < -0.3 is 19.9 Å². The van der Waals surface area contributed by atoms with Crippen molar-refractivity contribution in [2.24, 2.45) is 0 Å². The molecule has 0 saturated heterocycles. The largest absolute Gasteiger partial charge is 0.454 e. The Morgan fingerprint density at radius 3 is 2.89 bits per heavy atom. The van der Waals surface area contributed by atoms with Gasteiger partial charge in [-0.05, 0) is 47.0 Å². The lowest BCUT2D eigenvalue weighted by atomic mass is 10.1. The molecule has 5 heteroatoms. The van der Waals surface area contributed by atoms with E-state index in [9.17, 15) is 5.11 Å². The molecule has 2 rings (SSSR count). The molecule has 1 heterocycles. The van der Waals surface area contributed by atoms with E-state index in [2.05, 4.69) is 35.1 Å². The quantitative estimate of drug-likeness (QED) is 0.877. The van der Waals surface area contributed by atoms with Crippen molar-refractivity contribution in [2.45, 2.75) is 32.4 Å². The monoisotopic (exact) mass is 315 g/mol. The minimum Gasteiger partial charge on any atom is -0.454 e. The summed E-state index contributed by atoms with van der Waals surface area (Å²) in [7, 11) is 0. The summed E-state index contributed by atoms with van der Waals surface area (Å²) in [6, 6.07) is 4.14. The van der Waals surface area contributed by atoms with Crippen molar-refractivity contribution < 1.29 is 14.6 Å². The molecule has 18 heavy (non-hydrogen) atoms. The number of halogens is 1. The average Bonchev–Trinajstić information content (AvgIpc) is 2.84. The second-order valence-electron chi connectivity index (χ2n) is 4.45. The first-order chi connectivity index (χ1) is 8.65. The highest BCUT2D eigenvalue weighted by Crippen LogP contribution is 2.41. The van der Waals surface area contributed by atoms with Crippen LogP contribution in [0.3, 0.4) is 0 Å². The minimum absolute atomic E-state index is 0.0520. The summed E-state index contributed by atoms with van der Waals surface area (Å²) in [6.45, 7) is 4.52. The normalized spacial score (nSPS) is 16.7. The Hall–Kier alpha value is -0.780. The predicted molar refractivity (Wildman–Crippen MR) is 73.0 cm³/mol. The van der Waals surface area contributed by atoms with Crippen LogP contribution in [0.4, 0.5) is 0 Å². The van der Waals surface area contributed by atoms with E-state index >= 15 is 0 Å². The van der Waals surface area contributed by atoms with Gasteiger partial charge in [-0.15, -0.1) is 0 Å². The second kappa shape index (κ2) is 5.91. The molecule has 0 aliphatic carbocycles. The van der Waals surface area contributed by atoms with Gasteiger partial charge in [0.1, 0.15) is 0 Å². The Bertz CT molecular complexity index is 425. The summed E-state index contributed by atoms with van der Waals surface area (Å²) in [5, 5.41) is 12.9. The number of hydrogen-bond acceptors (Lipinski definition) is 4. The van der Waals surface area contributed by atoms with Gasteiger partial charge in [0.2, 0.25) is 6.79 Å². The summed E-state index contributed by atoms with van der Waals surface area (Å²) >= 11 is 3.46. The smallest absolute Gasteiger partial charge is 0.231 e. The lowest BCUT2D eigenvalue weighted by molar-refractivity contribution is 0.173. The van der Waals surface area contributed by atoms with Crippen molar-refractivity contribution in [3.8, 4) is 11.5 Å². The molecule has 2 N–H and O–H groups in total. The van der Waals surface area contributed by atoms with E-state index in [1.807, 2.05) is 12.1 Å². The fourth-order valence-electron chi connectivity index (χ4n) is 1.90. The molecule has 0 bridgehead atoms. The number of aliphatic hydroxyl groups excluding tert-OH is 1. The van der Waals surface area contributed by atoms with E-state index in [0.717, 1.165) is 28.0 Å². The Morgan fingerprint density at radius 1 is 1.44 bits per heavy atom. The van der Waals surface area contributed by atoms with E-state index in [1.165, 1.54) is 0 Å². The Balaban J connectivity index is 2.23. The lowest BCUT2D eigenvalue weighted by Crippen LogP contribution is -2.32. The van der Waals surface area contributed by atoms with Gasteiger partial charge >= 0.3 is 0 Å². The molecule has 1 aliphatic heterocycles. The SMILES string of the molecule is CCC(C)NC(CO)c1cc(Br)c2c(c1)OCO2. The van der Waals surface area contributed by atoms with Crippen molar-refractivity contribution >= 4 is 15.9 Å². The highest BCUT2D eigenvalue weighted by Gasteiger charge is 2.21. The van der Waals surface area contributed by atoms with Crippen LogP contribution in [-0.2, 0) is 0 Å². The zero-order valence-electron chi connectivity index (χ0n) is 10.6. The van der Waals surface area contributed by atoms with Gasteiger partial charge in [0.05, 0.1) is 17.1 Å². The molecular formula is C13H18BrNO3. The maximum Gasteiger partial charge on any atom is 0.231 e. The van der Waals surface area contributed by atoms with E-state index in [0.29, 0.717) is 6.04 Å². The summed E-state index contributed by atoms with van der Waals surface area (Å²) in [4.78, 5) is 0. The Morgan fingerprint density at radius 2 is 2.22 bits per heavy atom. The molecule has 0 radical (unpaired) electrons. The zero-order valence-corrected chi connectivity index (χ0v) is 12.2. The van der Waals surface area contributed by atoms with E-state index in [4.69, 9.17) is 9.47 Å². The van der Waals surface area contributed by atoms with Crippen molar-refractivity contribution in [3.05, 3.63) is 22.2 Å². The van der Waals surface area contributed by atoms with Gasteiger partial charge in [-0.2, -0.15) is 0 Å². The van der Waals surface area contributed by atoms with Gasteiger partial charge in [0.15, 0.2) is 11.5 Å². The third kappa shape index (κ3) is 2.79. The number of rotatable bonds is 5. The van der Waals surface area contributed by atoms with E-state index in [1.54, 1.807) is 0 Å². The summed E-state index contributed by atoms with van der Waals surface area (Å²) in [5.41, 5.74) is 0.994. The van der Waals surface area contributed by atoms with Gasteiger partial charge in [-0.1, -0.05) is 6.92 Å². The van der Waals surface area contributed by atoms with Gasteiger partial charge in [-0.3, -0.25) is 0 Å². The standard InChI is InChI=1S/C13H18BrNO3/c1-3-8(2)15-11(6-16)9-4-10(14)13-12(5-9)17-7-18-13/h4-5,8,11,15-16H,3,6-7H2,1-2H3. The Labute approximate surface area is 115 Å². The molecule has 0 amide bonds. The van der Waals surface area contributed by atoms with Crippen molar-refractivity contribution in [3.63, 3.8) is 0 Å². The van der Waals surface area contributed by atoms with Crippen LogP contribution in [-0.4, -0.2) is 24.5 Å². The maximum atomic E-state index is 9.51. The van der Waals surface area contributed by atoms with Crippen LogP contribution in [0.25, 0.3) is 0 Å². The van der Waals surface area contributed by atoms with Gasteiger partial charge in [-0.25, -0.2) is 0 Å². The third-order valence-corrected chi connectivity index (χ3v) is 3.72. The fourth-order valence-corrected chi connectivity index (χ4v) is 2.48. The number of aliphatic hydroxyl groups is 1. The predicted octanol–water partition coefficient (Wildman–Crippen LogP) is 2.60. The average molecular weight is 316 g/mol. The molecule has 1 aromatic rings. The first kappa shape index (κ1) is 13.6. The van der Waals surface area contributed by atoms with Crippen LogP contribution in [0.15, 0.2) is 16.6 Å². The molecular weight excluding hydrogens is 298 g/mol. The van der Waals surface area contributed by atoms with Crippen LogP contribution in [0.2, 0.25) is 0 Å². The first-order valence-corrected chi connectivity index (χ1v) is 6.91. The summed E-state index contributed by atoms with van der Waals surface area (Å²) in [5.74, 6) is 1.46. The van der Waals surface area contributed by atoms with E-state index in [-0.39, 0.29) is 19.4 Å². The third-order valence-electron chi connectivity index (χ3n) is 3.13. The lowest BCUT2D eigenvalue weighted by Gasteiger charge is -2.21. The Kier molecular flexibility index (Phi) is 4.48. The summed E-state index contributed by atoms with van der Waals surface area (Å²) in [6.07, 6.45) is 1.02. The first-order valence-electron chi connectivity index (χ1n) is 6.11. The fraction of sp³-hybridized carbons (Fsp3) is 0.538. The van der Waals surface area contributed by atoms with Gasteiger partial charge in [0, 0.05) is 6.04 Å². The molecule has 2 unspecified atom stereocenters. The number of benzene rings is 1. The minimum atomic E-state index is -0.0919. The molecule has 0 fully saturated rings. The van der Waals surface area contributed by atoms with Crippen LogP contribution in [0.1, 0.15) is 31.9 Å². The molecule has 2 atom stereocenters. The molecule has 100 valence electrons. The van der Waals surface area contributed by atoms with Crippen LogP contribution in [0.5, 0.6) is 11.5 Å². The molecule has 4 nitrogen and oxygen atoms in total. The second-order valence-corrected chi connectivity index (χ2v) is 5.30. The molecule has 0 aromatic heterocycles. The summed E-state index contributed by atoms with van der Waals surface area (Å²) < 4.78 is 11.6. The van der Waals surface area contributed by atoms with Crippen molar-refractivity contribution in [2.75, 3.05) is 13.4 Å². The molecule has 0 spiro atoms. The zero-order chi connectivity index (χ0) is 13.1. The van der Waals surface area contributed by atoms with Crippen molar-refractivity contribution in [1.82, 2.24) is 5.32 Å². The number of fused-ring (bicyclic) bond motifs is 1. The number of nitrogens with one attached hydrogen (secondary N) is 1. The number of ether oxygens (including phenoxy) is 2. The highest BCUT2D eigenvalue weighted by atomic mass is 79.9. The number of hydrogen-bond donors (Lipinski definition) is 2. The van der Waals surface area contributed by atoms with Crippen LogP contribution < -0.4 is 14.8 Å².